The van der Waals surface area contributed by atoms with Crippen LogP contribution in [0.1, 0.15) is 53.1 Å². The second-order valence-corrected chi connectivity index (χ2v) is 7.07. The van der Waals surface area contributed by atoms with Crippen molar-refractivity contribution >= 4 is 17.1 Å². The van der Waals surface area contributed by atoms with Crippen molar-refractivity contribution in [2.24, 2.45) is 0 Å². The van der Waals surface area contributed by atoms with E-state index in [1.807, 2.05) is 13.0 Å². The molecule has 3 nitrogen and oxygen atoms in total. The Kier molecular flexibility index (Phi) is 4.33. The number of thiophene rings is 1. The lowest BCUT2D eigenvalue weighted by molar-refractivity contribution is 0.0986. The maximum atomic E-state index is 12.2. The largest absolute Gasteiger partial charge is 0.293 e. The Morgan fingerprint density at radius 2 is 1.95 bits per heavy atom. The number of carbonyl (C=O) groups is 1. The lowest BCUT2D eigenvalue weighted by Crippen LogP contribution is -2.08. The third-order valence-corrected chi connectivity index (χ3v) is 4.61. The molecule has 0 unspecified atom stereocenters. The molecule has 4 heteroatoms. The van der Waals surface area contributed by atoms with Crippen LogP contribution in [-0.4, -0.2) is 15.8 Å². The summed E-state index contributed by atoms with van der Waals surface area (Å²) in [6, 6.07) is 4.00. The molecule has 0 N–H and O–H groups in total. The Hall–Kier alpha value is -1.55. The van der Waals surface area contributed by atoms with Gasteiger partial charge in [-0.05, 0) is 30.9 Å². The van der Waals surface area contributed by atoms with Crippen molar-refractivity contribution in [1.29, 1.82) is 0 Å². The molecule has 2 rings (SSSR count). The first-order valence-electron chi connectivity index (χ1n) is 6.77. The molecule has 106 valence electrons. The van der Waals surface area contributed by atoms with E-state index in [1.54, 1.807) is 23.7 Å². The first-order valence-corrected chi connectivity index (χ1v) is 7.59. The van der Waals surface area contributed by atoms with E-state index in [4.69, 9.17) is 0 Å². The fourth-order valence-corrected chi connectivity index (χ4v) is 2.84. The van der Waals surface area contributed by atoms with Gasteiger partial charge in [0.25, 0.3) is 0 Å². The van der Waals surface area contributed by atoms with Crippen molar-refractivity contribution in [3.8, 4) is 0 Å². The molecule has 0 aliphatic carbocycles. The molecule has 0 radical (unpaired) electrons. The zero-order valence-corrected chi connectivity index (χ0v) is 13.3. The lowest BCUT2D eigenvalue weighted by Gasteiger charge is -2.15. The first-order chi connectivity index (χ1) is 9.36. The van der Waals surface area contributed by atoms with Gasteiger partial charge < -0.3 is 0 Å². The van der Waals surface area contributed by atoms with Crippen LogP contribution in [0.5, 0.6) is 0 Å². The number of aromatic nitrogens is 2. The average Bonchev–Trinajstić information content (AvgIpc) is 2.87. The minimum Gasteiger partial charge on any atom is -0.293 e. The molecule has 0 aromatic carbocycles. The summed E-state index contributed by atoms with van der Waals surface area (Å²) >= 11 is 1.60. The van der Waals surface area contributed by atoms with Crippen molar-refractivity contribution in [3.05, 3.63) is 45.7 Å². The summed E-state index contributed by atoms with van der Waals surface area (Å²) in [6.07, 6.45) is 4.62. The Morgan fingerprint density at radius 3 is 2.50 bits per heavy atom. The van der Waals surface area contributed by atoms with E-state index in [9.17, 15) is 4.79 Å². The van der Waals surface area contributed by atoms with Gasteiger partial charge in [-0.1, -0.05) is 20.8 Å². The highest BCUT2D eigenvalue weighted by molar-refractivity contribution is 7.14. The molecular weight excluding hydrogens is 268 g/mol. The molecule has 0 spiro atoms. The van der Waals surface area contributed by atoms with E-state index in [0.717, 1.165) is 16.3 Å². The fourth-order valence-electron chi connectivity index (χ4n) is 1.80. The smallest absolute Gasteiger partial charge is 0.173 e. The van der Waals surface area contributed by atoms with Gasteiger partial charge in [-0.25, -0.2) is 0 Å². The number of carbonyl (C=O) groups excluding carboxylic acids is 1. The molecule has 0 fully saturated rings. The molecule has 0 saturated carbocycles. The third-order valence-electron chi connectivity index (χ3n) is 3.06. The third kappa shape index (κ3) is 3.73. The average molecular weight is 288 g/mol. The van der Waals surface area contributed by atoms with Gasteiger partial charge in [0.2, 0.25) is 0 Å². The van der Waals surface area contributed by atoms with Crippen molar-refractivity contribution in [2.45, 2.75) is 46.0 Å². The lowest BCUT2D eigenvalue weighted by atomic mass is 9.95. The van der Waals surface area contributed by atoms with Gasteiger partial charge in [0.05, 0.1) is 16.3 Å². The number of hydrogen-bond donors (Lipinski definition) is 0. The fraction of sp³-hybridized carbons (Fsp3) is 0.438. The molecule has 2 aromatic rings. The van der Waals surface area contributed by atoms with Gasteiger partial charge in [0.15, 0.2) is 5.78 Å². The van der Waals surface area contributed by atoms with Crippen LogP contribution in [0.25, 0.3) is 0 Å². The maximum absolute atomic E-state index is 12.2. The zero-order valence-electron chi connectivity index (χ0n) is 12.4. The predicted octanol–water partition coefficient (Wildman–Crippen LogP) is 3.96. The van der Waals surface area contributed by atoms with E-state index in [0.29, 0.717) is 12.8 Å². The van der Waals surface area contributed by atoms with Gasteiger partial charge in [-0.3, -0.25) is 14.8 Å². The van der Waals surface area contributed by atoms with Crippen molar-refractivity contribution in [3.63, 3.8) is 0 Å². The number of Topliss-reactive ketones (excluding diaryl/α,β-unsaturated/α-hetero) is 1. The minimum atomic E-state index is 0.103. The summed E-state index contributed by atoms with van der Waals surface area (Å²) in [6.45, 7) is 8.39. The van der Waals surface area contributed by atoms with Crippen LogP contribution in [0.2, 0.25) is 0 Å². The molecule has 20 heavy (non-hydrogen) atoms. The van der Waals surface area contributed by atoms with Crippen LogP contribution in [0.3, 0.4) is 0 Å². The van der Waals surface area contributed by atoms with Gasteiger partial charge in [0, 0.05) is 23.7 Å². The number of aryl methyl sites for hydroxylation is 2. The topological polar surface area (TPSA) is 42.9 Å². The molecule has 0 bridgehead atoms. The maximum Gasteiger partial charge on any atom is 0.173 e. The number of nitrogens with zero attached hydrogens (tertiary/aromatic N) is 2. The normalized spacial score (nSPS) is 11.6. The van der Waals surface area contributed by atoms with Crippen LogP contribution < -0.4 is 0 Å². The van der Waals surface area contributed by atoms with Crippen molar-refractivity contribution in [1.82, 2.24) is 9.97 Å². The van der Waals surface area contributed by atoms with Crippen molar-refractivity contribution in [2.75, 3.05) is 0 Å². The van der Waals surface area contributed by atoms with Gasteiger partial charge >= 0.3 is 0 Å². The molecular formula is C16H20N2OS. The van der Waals surface area contributed by atoms with Crippen LogP contribution in [0.15, 0.2) is 24.5 Å². The van der Waals surface area contributed by atoms with E-state index in [1.165, 1.54) is 4.88 Å². The molecule has 0 aliphatic heterocycles. The molecule has 2 heterocycles. The summed E-state index contributed by atoms with van der Waals surface area (Å²) in [5.74, 6) is 0.188. The quantitative estimate of drug-likeness (QED) is 0.800. The van der Waals surface area contributed by atoms with E-state index in [2.05, 4.69) is 36.8 Å². The van der Waals surface area contributed by atoms with E-state index < -0.39 is 0 Å². The molecule has 0 saturated heterocycles. The molecule has 0 aliphatic rings. The monoisotopic (exact) mass is 288 g/mol. The van der Waals surface area contributed by atoms with Gasteiger partial charge in [-0.15, -0.1) is 11.3 Å². The summed E-state index contributed by atoms with van der Waals surface area (Å²) < 4.78 is 0. The Bertz CT molecular complexity index is 594. The van der Waals surface area contributed by atoms with Crippen LogP contribution in [-0.2, 0) is 11.8 Å². The number of ketones is 1. The number of hydrogen-bond acceptors (Lipinski definition) is 4. The second kappa shape index (κ2) is 5.83. The van der Waals surface area contributed by atoms with Crippen molar-refractivity contribution < 1.29 is 4.79 Å². The van der Waals surface area contributed by atoms with Crippen LogP contribution in [0, 0.1) is 6.92 Å². The summed E-state index contributed by atoms with van der Waals surface area (Å²) in [5.41, 5.74) is 1.87. The van der Waals surface area contributed by atoms with E-state index >= 15 is 0 Å². The molecule has 0 atom stereocenters. The highest BCUT2D eigenvalue weighted by Crippen LogP contribution is 2.30. The zero-order chi connectivity index (χ0) is 14.8. The predicted molar refractivity (Wildman–Crippen MR) is 82.4 cm³/mol. The minimum absolute atomic E-state index is 0.103. The van der Waals surface area contributed by atoms with Crippen LogP contribution in [0.4, 0.5) is 0 Å². The Labute approximate surface area is 124 Å². The van der Waals surface area contributed by atoms with Crippen LogP contribution >= 0.6 is 11.3 Å². The highest BCUT2D eigenvalue weighted by Gasteiger charge is 2.18. The first kappa shape index (κ1) is 14.9. The summed E-state index contributed by atoms with van der Waals surface area (Å²) in [7, 11) is 0. The highest BCUT2D eigenvalue weighted by atomic mass is 32.1. The summed E-state index contributed by atoms with van der Waals surface area (Å²) in [5, 5.41) is 0. The SMILES string of the molecule is Cc1cnc(CCC(=O)c2ccc(C(C)(C)C)s2)cn1. The Morgan fingerprint density at radius 1 is 1.20 bits per heavy atom. The standard InChI is InChI=1S/C16H20N2OS/c1-11-9-18-12(10-17-11)5-6-13(19)14-7-8-15(20-14)16(2,3)4/h7-10H,5-6H2,1-4H3. The molecule has 0 amide bonds. The van der Waals surface area contributed by atoms with E-state index in [-0.39, 0.29) is 11.2 Å². The molecule has 2 aromatic heterocycles. The van der Waals surface area contributed by atoms with Gasteiger partial charge in [0.1, 0.15) is 0 Å². The Balaban J connectivity index is 1.98. The number of rotatable bonds is 4. The summed E-state index contributed by atoms with van der Waals surface area (Å²) in [4.78, 5) is 22.7. The second-order valence-electron chi connectivity index (χ2n) is 5.99. The van der Waals surface area contributed by atoms with Gasteiger partial charge in [-0.2, -0.15) is 0 Å².